The van der Waals surface area contributed by atoms with E-state index in [1.165, 1.54) is 43.9 Å². The molecular formula is C27H18N2. The van der Waals surface area contributed by atoms with Crippen molar-refractivity contribution in [1.29, 1.82) is 0 Å². The molecule has 4 aromatic carbocycles. The third-order valence-electron chi connectivity index (χ3n) is 5.66. The Morgan fingerprint density at radius 1 is 0.586 bits per heavy atom. The van der Waals surface area contributed by atoms with E-state index in [4.69, 9.17) is 4.99 Å². The third kappa shape index (κ3) is 2.54. The van der Waals surface area contributed by atoms with Crippen LogP contribution < -0.4 is 10.6 Å². The summed E-state index contributed by atoms with van der Waals surface area (Å²) in [6.07, 6.45) is 4.21. The summed E-state index contributed by atoms with van der Waals surface area (Å²) in [6, 6.07) is 31.6. The smallest absolute Gasteiger partial charge is 0.0795 e. The lowest BCUT2D eigenvalue weighted by molar-refractivity contribution is 1.38. The van der Waals surface area contributed by atoms with Gasteiger partial charge in [-0.15, -0.1) is 0 Å². The molecule has 0 radical (unpaired) electrons. The molecule has 1 aliphatic carbocycles. The summed E-state index contributed by atoms with van der Waals surface area (Å²) in [5, 5.41) is 3.66. The lowest BCUT2D eigenvalue weighted by Gasteiger charge is -2.02. The van der Waals surface area contributed by atoms with Gasteiger partial charge in [0.2, 0.25) is 0 Å². The van der Waals surface area contributed by atoms with Gasteiger partial charge in [-0.2, -0.15) is 0 Å². The molecule has 0 bridgehead atoms. The Kier molecular flexibility index (Phi) is 3.50. The van der Waals surface area contributed by atoms with E-state index in [0.717, 1.165) is 11.0 Å². The van der Waals surface area contributed by atoms with Crippen LogP contribution in [0, 0.1) is 0 Å². The molecule has 5 aromatic rings. The Morgan fingerprint density at radius 2 is 1.34 bits per heavy atom. The predicted octanol–water partition coefficient (Wildman–Crippen LogP) is 5.60. The largest absolute Gasteiger partial charge is 0.361 e. The average Bonchev–Trinajstić information content (AvgIpc) is 3.48. The second kappa shape index (κ2) is 6.32. The second-order valence-corrected chi connectivity index (χ2v) is 7.35. The molecule has 0 fully saturated rings. The first-order valence-electron chi connectivity index (χ1n) is 9.83. The molecule has 2 nitrogen and oxygen atoms in total. The first-order chi connectivity index (χ1) is 14.4. The van der Waals surface area contributed by atoms with Crippen molar-refractivity contribution in [1.82, 2.24) is 4.98 Å². The van der Waals surface area contributed by atoms with E-state index in [-0.39, 0.29) is 0 Å². The zero-order valence-corrected chi connectivity index (χ0v) is 15.8. The highest BCUT2D eigenvalue weighted by Gasteiger charge is 2.19. The fraction of sp³-hybridized carbons (Fsp3) is 0. The quantitative estimate of drug-likeness (QED) is 0.360. The van der Waals surface area contributed by atoms with Gasteiger partial charge in [-0.3, -0.25) is 0 Å². The minimum Gasteiger partial charge on any atom is -0.361 e. The first-order valence-corrected chi connectivity index (χ1v) is 9.83. The summed E-state index contributed by atoms with van der Waals surface area (Å²) < 4.78 is 0. The highest BCUT2D eigenvalue weighted by molar-refractivity contribution is 5.87. The van der Waals surface area contributed by atoms with Crippen molar-refractivity contribution in [3.8, 4) is 22.3 Å². The number of aromatic nitrogens is 1. The number of hydrogen-bond donors (Lipinski definition) is 1. The van der Waals surface area contributed by atoms with Crippen molar-refractivity contribution in [2.45, 2.75) is 0 Å². The van der Waals surface area contributed by atoms with Crippen LogP contribution in [0.15, 0.2) is 102 Å². The maximum Gasteiger partial charge on any atom is 0.0795 e. The minimum atomic E-state index is 1.08. The number of fused-ring (bicyclic) bond motifs is 8. The van der Waals surface area contributed by atoms with Crippen LogP contribution >= 0.6 is 0 Å². The van der Waals surface area contributed by atoms with Crippen molar-refractivity contribution in [3.05, 3.63) is 113 Å². The lowest BCUT2D eigenvalue weighted by atomic mass is 10.0. The van der Waals surface area contributed by atoms with Crippen LogP contribution in [0.5, 0.6) is 0 Å². The molecule has 29 heavy (non-hydrogen) atoms. The molecule has 2 heterocycles. The molecule has 1 N–H and O–H groups in total. The van der Waals surface area contributed by atoms with Gasteiger partial charge >= 0.3 is 0 Å². The molecule has 1 aliphatic heterocycles. The molecular weight excluding hydrogens is 352 g/mol. The number of H-pyrrole nitrogens is 1. The fourth-order valence-corrected chi connectivity index (χ4v) is 4.26. The van der Waals surface area contributed by atoms with Gasteiger partial charge < -0.3 is 4.98 Å². The van der Waals surface area contributed by atoms with Crippen LogP contribution in [-0.4, -0.2) is 4.98 Å². The van der Waals surface area contributed by atoms with Crippen LogP contribution in [0.2, 0.25) is 0 Å². The van der Waals surface area contributed by atoms with E-state index in [2.05, 4.69) is 83.9 Å². The molecule has 0 unspecified atom stereocenters. The third-order valence-corrected chi connectivity index (χ3v) is 5.66. The molecule has 2 heteroatoms. The van der Waals surface area contributed by atoms with Crippen molar-refractivity contribution < 1.29 is 0 Å². The Morgan fingerprint density at radius 3 is 2.28 bits per heavy atom. The van der Waals surface area contributed by atoms with Gasteiger partial charge in [0, 0.05) is 28.1 Å². The zero-order chi connectivity index (χ0) is 19.2. The van der Waals surface area contributed by atoms with Crippen LogP contribution in [0.4, 0.5) is 5.69 Å². The highest BCUT2D eigenvalue weighted by Crippen LogP contribution is 2.33. The second-order valence-electron chi connectivity index (χ2n) is 7.35. The first kappa shape index (κ1) is 16.1. The summed E-state index contributed by atoms with van der Waals surface area (Å²) in [4.78, 5) is 7.96. The SMILES string of the molecule is C1=c2c(ccc3c2=Nc2ccccc2-3)-c2ccccc21.c1ccc2[nH]ccc2c1. The van der Waals surface area contributed by atoms with E-state index < -0.39 is 0 Å². The average molecular weight is 370 g/mol. The van der Waals surface area contributed by atoms with Gasteiger partial charge in [0.15, 0.2) is 0 Å². The van der Waals surface area contributed by atoms with Crippen molar-refractivity contribution in [3.63, 3.8) is 0 Å². The van der Waals surface area contributed by atoms with E-state index in [9.17, 15) is 0 Å². The Bertz CT molecular complexity index is 1390. The Hall–Kier alpha value is -3.91. The number of nitrogens with one attached hydrogen (secondary N) is 1. The summed E-state index contributed by atoms with van der Waals surface area (Å²) in [5.74, 6) is 0. The maximum atomic E-state index is 4.84. The molecule has 0 saturated heterocycles. The number of hydrogen-bond acceptors (Lipinski definition) is 1. The van der Waals surface area contributed by atoms with Crippen LogP contribution in [0.25, 0.3) is 39.2 Å². The molecule has 0 amide bonds. The molecule has 1 aromatic heterocycles. The summed E-state index contributed by atoms with van der Waals surface area (Å²) in [5.41, 5.74) is 8.70. The van der Waals surface area contributed by atoms with Crippen molar-refractivity contribution in [2.75, 3.05) is 0 Å². The fourth-order valence-electron chi connectivity index (χ4n) is 4.26. The van der Waals surface area contributed by atoms with Crippen molar-refractivity contribution >= 4 is 22.7 Å². The van der Waals surface area contributed by atoms with Gasteiger partial charge in [0.05, 0.1) is 11.0 Å². The molecule has 0 spiro atoms. The van der Waals surface area contributed by atoms with E-state index >= 15 is 0 Å². The van der Waals surface area contributed by atoms with Crippen molar-refractivity contribution in [2.24, 2.45) is 4.99 Å². The van der Waals surface area contributed by atoms with E-state index in [1.54, 1.807) is 0 Å². The summed E-state index contributed by atoms with van der Waals surface area (Å²) in [7, 11) is 0. The number of rotatable bonds is 0. The number of benzene rings is 4. The zero-order valence-electron chi connectivity index (χ0n) is 15.8. The Balaban J connectivity index is 0.000000154. The van der Waals surface area contributed by atoms with Gasteiger partial charge in [0.25, 0.3) is 0 Å². The standard InChI is InChI=1S/C19H11N.C8H7N/c1-2-6-13-12(5-1)11-17-14(13)9-10-16-15-7-3-4-8-18(15)20-19(16)17;1-2-4-8-7(3-1)5-6-9-8/h1-11H;1-6,9H. The molecule has 0 saturated carbocycles. The number of nitrogens with zero attached hydrogens (tertiary/aromatic N) is 1. The number of para-hydroxylation sites is 2. The molecule has 136 valence electrons. The van der Waals surface area contributed by atoms with Gasteiger partial charge in [-0.05, 0) is 46.4 Å². The van der Waals surface area contributed by atoms with Gasteiger partial charge in [-0.25, -0.2) is 4.99 Å². The van der Waals surface area contributed by atoms with Crippen LogP contribution in [0.3, 0.4) is 0 Å². The summed E-state index contributed by atoms with van der Waals surface area (Å²) in [6.45, 7) is 0. The van der Waals surface area contributed by atoms with Crippen LogP contribution in [0.1, 0.15) is 5.56 Å². The van der Waals surface area contributed by atoms with E-state index in [0.29, 0.717) is 0 Å². The minimum absolute atomic E-state index is 1.08. The molecule has 0 atom stereocenters. The lowest BCUT2D eigenvalue weighted by Crippen LogP contribution is -2.25. The monoisotopic (exact) mass is 370 g/mol. The normalized spacial score (nSPS) is 12.0. The molecule has 7 rings (SSSR count). The highest BCUT2D eigenvalue weighted by atomic mass is 14.8. The van der Waals surface area contributed by atoms with Crippen LogP contribution in [-0.2, 0) is 0 Å². The Labute approximate surface area is 168 Å². The van der Waals surface area contributed by atoms with E-state index in [1.807, 2.05) is 24.4 Å². The topological polar surface area (TPSA) is 28.1 Å². The maximum absolute atomic E-state index is 4.84. The number of aromatic amines is 1. The van der Waals surface area contributed by atoms with Gasteiger partial charge in [0.1, 0.15) is 0 Å². The van der Waals surface area contributed by atoms with Gasteiger partial charge in [-0.1, -0.05) is 72.8 Å². The molecule has 2 aliphatic rings. The predicted molar refractivity (Wildman–Crippen MR) is 120 cm³/mol. The summed E-state index contributed by atoms with van der Waals surface area (Å²) >= 11 is 0.